The van der Waals surface area contributed by atoms with Crippen LogP contribution in [0.4, 0.5) is 13.2 Å². The monoisotopic (exact) mass is 430 g/mol. The Morgan fingerprint density at radius 3 is 2.35 bits per heavy atom. The maximum Gasteiger partial charge on any atom is 0.416 e. The van der Waals surface area contributed by atoms with Crippen LogP contribution in [-0.4, -0.2) is 29.1 Å². The molecule has 1 fully saturated rings. The maximum absolute atomic E-state index is 12.8. The Bertz CT molecular complexity index is 976. The average molecular weight is 430 g/mol. The summed E-state index contributed by atoms with van der Waals surface area (Å²) in [6.07, 6.45) is -2.20. The summed E-state index contributed by atoms with van der Waals surface area (Å²) >= 11 is 0. The van der Waals surface area contributed by atoms with Gasteiger partial charge in [0.15, 0.2) is 0 Å². The van der Waals surface area contributed by atoms with Crippen LogP contribution in [0.3, 0.4) is 0 Å². The molecule has 0 radical (unpaired) electrons. The number of oxazole rings is 1. The Morgan fingerprint density at radius 1 is 1.03 bits per heavy atom. The predicted molar refractivity (Wildman–Crippen MR) is 111 cm³/mol. The summed E-state index contributed by atoms with van der Waals surface area (Å²) in [6, 6.07) is 15.1. The van der Waals surface area contributed by atoms with E-state index in [0.717, 1.165) is 43.8 Å². The number of alkyl halides is 3. The van der Waals surface area contributed by atoms with Crippen molar-refractivity contribution in [1.29, 1.82) is 0 Å². The summed E-state index contributed by atoms with van der Waals surface area (Å²) in [4.78, 5) is 6.85. The van der Waals surface area contributed by atoms with Crippen LogP contribution < -0.4 is 0 Å². The van der Waals surface area contributed by atoms with E-state index >= 15 is 0 Å². The number of ether oxygens (including phenoxy) is 1. The molecule has 0 unspecified atom stereocenters. The minimum atomic E-state index is -4.35. The van der Waals surface area contributed by atoms with Crippen molar-refractivity contribution in [3.63, 3.8) is 0 Å². The van der Waals surface area contributed by atoms with Gasteiger partial charge in [0, 0.05) is 25.2 Å². The lowest BCUT2D eigenvalue weighted by molar-refractivity contribution is -0.137. The highest BCUT2D eigenvalue weighted by Crippen LogP contribution is 2.31. The van der Waals surface area contributed by atoms with Crippen LogP contribution in [0.25, 0.3) is 11.5 Å². The summed E-state index contributed by atoms with van der Waals surface area (Å²) in [5.74, 6) is 1.04. The molecule has 1 aliphatic heterocycles. The lowest BCUT2D eigenvalue weighted by Gasteiger charge is -2.31. The molecule has 0 atom stereocenters. The van der Waals surface area contributed by atoms with E-state index in [0.29, 0.717) is 30.4 Å². The summed E-state index contributed by atoms with van der Waals surface area (Å²) in [7, 11) is 0. The second-order valence-corrected chi connectivity index (χ2v) is 7.87. The topological polar surface area (TPSA) is 38.5 Å². The average Bonchev–Trinajstić information content (AvgIpc) is 3.14. The number of hydrogen-bond acceptors (Lipinski definition) is 4. The second kappa shape index (κ2) is 9.24. The molecule has 4 rings (SSSR count). The minimum absolute atomic E-state index is 0.248. The van der Waals surface area contributed by atoms with Crippen molar-refractivity contribution in [2.45, 2.75) is 45.2 Å². The van der Waals surface area contributed by atoms with Crippen molar-refractivity contribution in [3.8, 4) is 11.5 Å². The first-order valence-electron chi connectivity index (χ1n) is 10.4. The zero-order valence-electron chi connectivity index (χ0n) is 17.4. The largest absolute Gasteiger partial charge is 0.441 e. The Kier molecular flexibility index (Phi) is 6.43. The molecule has 1 aromatic heterocycles. The Labute approximate surface area is 179 Å². The predicted octanol–water partition coefficient (Wildman–Crippen LogP) is 5.85. The first-order chi connectivity index (χ1) is 14.9. The number of benzene rings is 2. The zero-order valence-corrected chi connectivity index (χ0v) is 17.4. The van der Waals surface area contributed by atoms with E-state index < -0.39 is 11.7 Å². The smallest absolute Gasteiger partial charge is 0.416 e. The molecule has 0 bridgehead atoms. The van der Waals surface area contributed by atoms with Crippen LogP contribution in [0.2, 0.25) is 0 Å². The number of piperidine rings is 1. The molecule has 31 heavy (non-hydrogen) atoms. The Balaban J connectivity index is 1.31. The van der Waals surface area contributed by atoms with E-state index in [1.165, 1.54) is 17.7 Å². The van der Waals surface area contributed by atoms with Crippen molar-refractivity contribution in [2.24, 2.45) is 0 Å². The lowest BCUT2D eigenvalue weighted by atomic mass is 10.1. The second-order valence-electron chi connectivity index (χ2n) is 7.87. The Morgan fingerprint density at radius 2 is 1.71 bits per heavy atom. The SMILES string of the molecule is Cc1oc(-c2ccc(C(F)(F)F)cc2)nc1CN1CCC(OCc2ccccc2)CC1. The fourth-order valence-corrected chi connectivity index (χ4v) is 3.73. The van der Waals surface area contributed by atoms with Gasteiger partial charge in [-0.25, -0.2) is 4.98 Å². The van der Waals surface area contributed by atoms with Gasteiger partial charge in [-0.1, -0.05) is 30.3 Å². The molecule has 2 heterocycles. The highest BCUT2D eigenvalue weighted by atomic mass is 19.4. The van der Waals surface area contributed by atoms with E-state index in [9.17, 15) is 13.2 Å². The third-order valence-corrected chi connectivity index (χ3v) is 5.59. The maximum atomic E-state index is 12.8. The van der Waals surface area contributed by atoms with E-state index in [2.05, 4.69) is 22.0 Å². The molecule has 0 N–H and O–H groups in total. The van der Waals surface area contributed by atoms with Crippen molar-refractivity contribution in [3.05, 3.63) is 77.2 Å². The standard InChI is InChI=1S/C24H25F3N2O2/c1-17-22(28-23(31-17)19-7-9-20(10-8-19)24(25,26)27)15-29-13-11-21(12-14-29)30-16-18-5-3-2-4-6-18/h2-10,21H,11-16H2,1H3. The highest BCUT2D eigenvalue weighted by molar-refractivity contribution is 5.54. The normalized spacial score (nSPS) is 16.0. The molecule has 3 aromatic rings. The van der Waals surface area contributed by atoms with Crippen molar-refractivity contribution >= 4 is 0 Å². The van der Waals surface area contributed by atoms with Gasteiger partial charge in [-0.3, -0.25) is 4.90 Å². The van der Waals surface area contributed by atoms with Gasteiger partial charge in [0.1, 0.15) is 5.76 Å². The number of hydrogen-bond donors (Lipinski definition) is 0. The number of rotatable bonds is 6. The van der Waals surface area contributed by atoms with Gasteiger partial charge in [-0.15, -0.1) is 0 Å². The van der Waals surface area contributed by atoms with Gasteiger partial charge in [0.2, 0.25) is 5.89 Å². The summed E-state index contributed by atoms with van der Waals surface area (Å²) in [5, 5.41) is 0. The van der Waals surface area contributed by atoms with Gasteiger partial charge in [0.05, 0.1) is 24.0 Å². The number of aromatic nitrogens is 1. The molecule has 1 saturated heterocycles. The summed E-state index contributed by atoms with van der Waals surface area (Å²) in [5.41, 5.74) is 1.85. The van der Waals surface area contributed by atoms with Gasteiger partial charge in [-0.2, -0.15) is 13.2 Å². The number of nitrogens with zero attached hydrogens (tertiary/aromatic N) is 2. The van der Waals surface area contributed by atoms with Crippen LogP contribution in [0.1, 0.15) is 35.4 Å². The van der Waals surface area contributed by atoms with Crippen LogP contribution in [-0.2, 0) is 24.1 Å². The molecule has 4 nitrogen and oxygen atoms in total. The van der Waals surface area contributed by atoms with Crippen LogP contribution >= 0.6 is 0 Å². The summed E-state index contributed by atoms with van der Waals surface area (Å²) < 4.78 is 50.1. The van der Waals surface area contributed by atoms with Crippen molar-refractivity contribution in [2.75, 3.05) is 13.1 Å². The molecule has 7 heteroatoms. The molecular formula is C24H25F3N2O2. The fraction of sp³-hybridized carbons (Fsp3) is 0.375. The van der Waals surface area contributed by atoms with Crippen LogP contribution in [0.15, 0.2) is 59.0 Å². The van der Waals surface area contributed by atoms with Crippen molar-refractivity contribution in [1.82, 2.24) is 9.88 Å². The Hall–Kier alpha value is -2.64. The third kappa shape index (κ3) is 5.54. The molecule has 0 amide bonds. The quantitative estimate of drug-likeness (QED) is 0.492. The van der Waals surface area contributed by atoms with E-state index in [-0.39, 0.29) is 6.10 Å². The molecule has 2 aromatic carbocycles. The minimum Gasteiger partial charge on any atom is -0.441 e. The third-order valence-electron chi connectivity index (χ3n) is 5.59. The number of likely N-dealkylation sites (tertiary alicyclic amines) is 1. The van der Waals surface area contributed by atoms with E-state index in [1.807, 2.05) is 25.1 Å². The van der Waals surface area contributed by atoms with Gasteiger partial charge in [-0.05, 0) is 49.6 Å². The fourth-order valence-electron chi connectivity index (χ4n) is 3.73. The first kappa shape index (κ1) is 21.6. The van der Waals surface area contributed by atoms with Crippen LogP contribution in [0.5, 0.6) is 0 Å². The molecule has 164 valence electrons. The molecule has 0 aliphatic carbocycles. The van der Waals surface area contributed by atoms with E-state index in [4.69, 9.17) is 9.15 Å². The summed E-state index contributed by atoms with van der Waals surface area (Å²) in [6.45, 7) is 4.93. The lowest BCUT2D eigenvalue weighted by Crippen LogP contribution is -2.36. The van der Waals surface area contributed by atoms with Gasteiger partial charge < -0.3 is 9.15 Å². The molecular weight excluding hydrogens is 405 g/mol. The van der Waals surface area contributed by atoms with Crippen molar-refractivity contribution < 1.29 is 22.3 Å². The zero-order chi connectivity index (χ0) is 21.8. The van der Waals surface area contributed by atoms with E-state index in [1.54, 1.807) is 0 Å². The number of halogens is 3. The molecule has 0 spiro atoms. The highest BCUT2D eigenvalue weighted by Gasteiger charge is 2.30. The number of aryl methyl sites for hydroxylation is 1. The van der Waals surface area contributed by atoms with Gasteiger partial charge in [0.25, 0.3) is 0 Å². The van der Waals surface area contributed by atoms with Gasteiger partial charge >= 0.3 is 6.18 Å². The first-order valence-corrected chi connectivity index (χ1v) is 10.4. The van der Waals surface area contributed by atoms with Crippen LogP contribution in [0, 0.1) is 6.92 Å². The molecule has 0 saturated carbocycles. The molecule has 1 aliphatic rings.